The number of benzene rings is 10. The minimum Gasteiger partial charge on any atom is -0.310 e. The molecule has 0 radical (unpaired) electrons. The predicted molar refractivity (Wildman–Crippen MR) is 259 cm³/mol. The van der Waals surface area contributed by atoms with Crippen LogP contribution in [0.1, 0.15) is 22.3 Å². The molecule has 0 N–H and O–H groups in total. The van der Waals surface area contributed by atoms with Crippen molar-refractivity contribution in [3.05, 3.63) is 247 Å². The lowest BCUT2D eigenvalue weighted by Gasteiger charge is -2.32. The zero-order chi connectivity index (χ0) is 40.1. The highest BCUT2D eigenvalue weighted by atomic mass is 32.1. The fourth-order valence-corrected chi connectivity index (χ4v) is 11.9. The Kier molecular flexibility index (Phi) is 7.46. The molecule has 0 atom stereocenters. The van der Waals surface area contributed by atoms with Gasteiger partial charge in [-0.15, -0.1) is 11.3 Å². The number of hydrogen-bond donors (Lipinski definition) is 0. The molecule has 0 unspecified atom stereocenters. The van der Waals surface area contributed by atoms with Gasteiger partial charge in [-0.25, -0.2) is 0 Å². The van der Waals surface area contributed by atoms with Crippen molar-refractivity contribution < 1.29 is 0 Å². The van der Waals surface area contributed by atoms with E-state index in [4.69, 9.17) is 0 Å². The molecule has 0 bridgehead atoms. The van der Waals surface area contributed by atoms with Gasteiger partial charge in [0.1, 0.15) is 0 Å². The van der Waals surface area contributed by atoms with Crippen LogP contribution in [-0.2, 0) is 5.41 Å². The summed E-state index contributed by atoms with van der Waals surface area (Å²) in [6.45, 7) is 0. The van der Waals surface area contributed by atoms with Gasteiger partial charge in [-0.1, -0.05) is 176 Å². The third-order valence-electron chi connectivity index (χ3n) is 13.2. The summed E-state index contributed by atoms with van der Waals surface area (Å²) in [5, 5.41) is 5.11. The fraction of sp³-hybridized carbons (Fsp3) is 0.0169. The van der Waals surface area contributed by atoms with Crippen molar-refractivity contribution in [1.82, 2.24) is 0 Å². The van der Waals surface area contributed by atoms with Gasteiger partial charge < -0.3 is 4.90 Å². The molecular weight excluding hydrogens is 755 g/mol. The minimum absolute atomic E-state index is 0.438. The molecule has 2 aliphatic carbocycles. The monoisotopic (exact) mass is 791 g/mol. The van der Waals surface area contributed by atoms with Crippen LogP contribution in [0, 0.1) is 0 Å². The molecule has 1 aromatic heterocycles. The van der Waals surface area contributed by atoms with Crippen molar-refractivity contribution in [2.75, 3.05) is 4.90 Å². The zero-order valence-electron chi connectivity index (χ0n) is 33.2. The average Bonchev–Trinajstić information content (AvgIpc) is 3.96. The van der Waals surface area contributed by atoms with Gasteiger partial charge in [-0.05, 0) is 126 Å². The Morgan fingerprint density at radius 2 is 0.836 bits per heavy atom. The van der Waals surface area contributed by atoms with E-state index in [9.17, 15) is 0 Å². The van der Waals surface area contributed by atoms with E-state index in [1.165, 1.54) is 97.7 Å². The molecule has 0 saturated carbocycles. The van der Waals surface area contributed by atoms with Crippen LogP contribution < -0.4 is 4.90 Å². The molecule has 284 valence electrons. The fourth-order valence-electron chi connectivity index (χ4n) is 10.6. The molecule has 11 aromatic rings. The second-order valence-electron chi connectivity index (χ2n) is 16.4. The summed E-state index contributed by atoms with van der Waals surface area (Å²) in [5.41, 5.74) is 18.4. The molecule has 0 fully saturated rings. The molecular formula is C59H37NS. The Hall–Kier alpha value is -7.52. The van der Waals surface area contributed by atoms with Crippen molar-refractivity contribution >= 4 is 59.3 Å². The van der Waals surface area contributed by atoms with Crippen molar-refractivity contribution in [2.45, 2.75) is 5.41 Å². The average molecular weight is 792 g/mol. The van der Waals surface area contributed by atoms with Gasteiger partial charge in [0.2, 0.25) is 0 Å². The summed E-state index contributed by atoms with van der Waals surface area (Å²) >= 11 is 1.88. The maximum Gasteiger partial charge on any atom is 0.0726 e. The molecule has 0 amide bonds. The lowest BCUT2D eigenvalue weighted by atomic mass is 9.70. The number of hydrogen-bond acceptors (Lipinski definition) is 2. The summed E-state index contributed by atoms with van der Waals surface area (Å²) in [5.74, 6) is 0. The lowest BCUT2D eigenvalue weighted by molar-refractivity contribution is 0.793. The van der Waals surface area contributed by atoms with E-state index in [2.05, 4.69) is 229 Å². The Labute approximate surface area is 359 Å². The maximum atomic E-state index is 2.50. The maximum absolute atomic E-state index is 2.50. The van der Waals surface area contributed by atoms with Crippen molar-refractivity contribution in [2.24, 2.45) is 0 Å². The molecule has 0 aliphatic heterocycles. The van der Waals surface area contributed by atoms with E-state index in [1.807, 2.05) is 11.3 Å². The van der Waals surface area contributed by atoms with Crippen LogP contribution in [0.3, 0.4) is 0 Å². The normalized spacial score (nSPS) is 13.0. The first-order valence-corrected chi connectivity index (χ1v) is 21.9. The molecule has 10 aromatic carbocycles. The van der Waals surface area contributed by atoms with Crippen LogP contribution in [-0.4, -0.2) is 0 Å². The van der Waals surface area contributed by atoms with Gasteiger partial charge in [-0.2, -0.15) is 0 Å². The summed E-state index contributed by atoms with van der Waals surface area (Å²) in [4.78, 5) is 2.48. The molecule has 0 saturated heterocycles. The number of nitrogens with zero attached hydrogens (tertiary/aromatic N) is 1. The highest BCUT2D eigenvalue weighted by Gasteiger charge is 2.51. The van der Waals surface area contributed by atoms with E-state index in [0.29, 0.717) is 0 Å². The molecule has 1 spiro atoms. The molecule has 2 aliphatic rings. The Balaban J connectivity index is 1.05. The Bertz CT molecular complexity index is 3510. The van der Waals surface area contributed by atoms with Crippen molar-refractivity contribution in [3.63, 3.8) is 0 Å². The smallest absolute Gasteiger partial charge is 0.0726 e. The summed E-state index contributed by atoms with van der Waals surface area (Å²) in [6.07, 6.45) is 0. The largest absolute Gasteiger partial charge is 0.310 e. The van der Waals surface area contributed by atoms with Gasteiger partial charge in [-0.3, -0.25) is 0 Å². The summed E-state index contributed by atoms with van der Waals surface area (Å²) in [7, 11) is 0. The van der Waals surface area contributed by atoms with Crippen LogP contribution in [0.2, 0.25) is 0 Å². The topological polar surface area (TPSA) is 3.24 Å². The van der Waals surface area contributed by atoms with Gasteiger partial charge in [0.25, 0.3) is 0 Å². The first-order valence-electron chi connectivity index (χ1n) is 21.1. The Morgan fingerprint density at radius 1 is 0.311 bits per heavy atom. The van der Waals surface area contributed by atoms with Gasteiger partial charge in [0, 0.05) is 37.2 Å². The van der Waals surface area contributed by atoms with Crippen molar-refractivity contribution in [1.29, 1.82) is 0 Å². The first-order chi connectivity index (χ1) is 30.2. The summed E-state index contributed by atoms with van der Waals surface area (Å²) < 4.78 is 2.64. The highest BCUT2D eigenvalue weighted by Crippen LogP contribution is 2.63. The third kappa shape index (κ3) is 5.00. The lowest BCUT2D eigenvalue weighted by Crippen LogP contribution is -2.26. The quantitative estimate of drug-likeness (QED) is 0.168. The minimum atomic E-state index is -0.438. The van der Waals surface area contributed by atoms with Gasteiger partial charge in [0.15, 0.2) is 0 Å². The first kappa shape index (κ1) is 34.4. The van der Waals surface area contributed by atoms with E-state index in [0.717, 1.165) is 17.1 Å². The van der Waals surface area contributed by atoms with Crippen LogP contribution in [0.5, 0.6) is 0 Å². The standard InChI is InChI=1S/C59H37NS/c1-2-15-39-34-41(31-30-38(39)14-1)40-16-11-18-43(35-40)60(44-19-12-17-42(36-44)46-24-13-25-52-51-23-6-10-29-57(51)61-58(46)52)45-32-33-50-49-22-5-9-28-55(49)59(56(50)37-45)53-26-7-3-20-47(53)48-21-4-8-27-54(48)59/h1-37H. The zero-order valence-corrected chi connectivity index (χ0v) is 34.0. The Morgan fingerprint density at radius 3 is 1.57 bits per heavy atom. The second kappa shape index (κ2) is 13.2. The summed E-state index contributed by atoms with van der Waals surface area (Å²) in [6, 6.07) is 83.6. The van der Waals surface area contributed by atoms with Crippen LogP contribution >= 0.6 is 11.3 Å². The molecule has 1 nitrogen and oxygen atoms in total. The molecule has 1 heterocycles. The van der Waals surface area contributed by atoms with Gasteiger partial charge >= 0.3 is 0 Å². The van der Waals surface area contributed by atoms with Crippen LogP contribution in [0.15, 0.2) is 224 Å². The van der Waals surface area contributed by atoms with E-state index >= 15 is 0 Å². The van der Waals surface area contributed by atoms with E-state index < -0.39 is 5.41 Å². The molecule has 13 rings (SSSR count). The highest BCUT2D eigenvalue weighted by molar-refractivity contribution is 7.26. The van der Waals surface area contributed by atoms with Crippen molar-refractivity contribution in [3.8, 4) is 44.5 Å². The number of fused-ring (bicyclic) bond motifs is 14. The predicted octanol–water partition coefficient (Wildman–Crippen LogP) is 16.4. The second-order valence-corrected chi connectivity index (χ2v) is 17.4. The molecule has 61 heavy (non-hydrogen) atoms. The van der Waals surface area contributed by atoms with Crippen LogP contribution in [0.25, 0.3) is 75.5 Å². The van der Waals surface area contributed by atoms with Gasteiger partial charge in [0.05, 0.1) is 5.41 Å². The SMILES string of the molecule is c1cc(-c2ccc3ccccc3c2)cc(N(c2cccc(-c3cccc4c3sc3ccccc34)c2)c2ccc3c(c2)C2(c4ccccc4-c4ccccc42)c2ccccc2-3)c1. The van der Waals surface area contributed by atoms with E-state index in [-0.39, 0.29) is 0 Å². The van der Waals surface area contributed by atoms with E-state index in [1.54, 1.807) is 0 Å². The number of anilines is 3. The van der Waals surface area contributed by atoms with Crippen LogP contribution in [0.4, 0.5) is 17.1 Å². The molecule has 2 heteroatoms. The number of thiophene rings is 1. The number of rotatable bonds is 5. The third-order valence-corrected chi connectivity index (χ3v) is 14.5.